The van der Waals surface area contributed by atoms with Crippen molar-refractivity contribution in [3.63, 3.8) is 0 Å². The van der Waals surface area contributed by atoms with E-state index in [1.807, 2.05) is 6.92 Å². The van der Waals surface area contributed by atoms with Crippen molar-refractivity contribution in [1.82, 2.24) is 30.4 Å². The Balaban J connectivity index is 0.000000146. The summed E-state index contributed by atoms with van der Waals surface area (Å²) < 4.78 is 0. The fourth-order valence-corrected chi connectivity index (χ4v) is 2.66. The number of nitrogens with one attached hydrogen (secondary N) is 2. The third-order valence-electron chi connectivity index (χ3n) is 3.46. The molecule has 0 aliphatic rings. The smallest absolute Gasteiger partial charge is 0.267 e. The van der Waals surface area contributed by atoms with Crippen LogP contribution in [0.2, 0.25) is 0 Å². The minimum atomic E-state index is -0.201. The van der Waals surface area contributed by atoms with Gasteiger partial charge in [0.05, 0.1) is 33.2 Å². The molecule has 0 aliphatic heterocycles. The minimum absolute atomic E-state index is 0.191. The molecule has 0 fully saturated rings. The maximum atomic E-state index is 11.3. The van der Waals surface area contributed by atoms with Gasteiger partial charge in [-0.2, -0.15) is 10.2 Å². The Labute approximate surface area is 149 Å². The Kier molecular flexibility index (Phi) is 4.94. The molecule has 0 unspecified atom stereocenters. The van der Waals surface area contributed by atoms with Gasteiger partial charge in [-0.3, -0.25) is 19.6 Å². The van der Waals surface area contributed by atoms with Crippen molar-refractivity contribution in [3.05, 3.63) is 68.8 Å². The molecule has 4 aromatic heterocycles. The standard InChI is InChI=1S/C8H6BrN3O.C8H7N3O/c9-4-6-7-5(2-1-3-10-7)8(13)12-11-6;1-5-7-6(3-2-4-9-7)8(12)11-10-5/h1-3H,4H2,(H,12,13);2-4H,1H3,(H,11,12). The lowest BCUT2D eigenvalue weighted by Crippen LogP contribution is -2.10. The molecule has 2 N–H and O–H groups in total. The van der Waals surface area contributed by atoms with Gasteiger partial charge in [0, 0.05) is 17.7 Å². The monoisotopic (exact) mass is 400 g/mol. The maximum absolute atomic E-state index is 11.3. The number of hydrogen-bond acceptors (Lipinski definition) is 6. The molecule has 0 amide bonds. The van der Waals surface area contributed by atoms with Gasteiger partial charge >= 0.3 is 0 Å². The van der Waals surface area contributed by atoms with E-state index in [1.165, 1.54) is 0 Å². The van der Waals surface area contributed by atoms with Gasteiger partial charge in [-0.1, -0.05) is 15.9 Å². The van der Waals surface area contributed by atoms with Crippen LogP contribution in [0.15, 0.2) is 46.2 Å². The van der Waals surface area contributed by atoms with E-state index in [2.05, 4.69) is 46.3 Å². The number of rotatable bonds is 1. The summed E-state index contributed by atoms with van der Waals surface area (Å²) in [5.74, 6) is 0. The van der Waals surface area contributed by atoms with E-state index in [0.29, 0.717) is 27.1 Å². The molecule has 25 heavy (non-hydrogen) atoms. The normalized spacial score (nSPS) is 10.5. The van der Waals surface area contributed by atoms with Crippen LogP contribution in [0.4, 0.5) is 0 Å². The number of halogens is 1. The molecule has 0 bridgehead atoms. The van der Waals surface area contributed by atoms with Gasteiger partial charge < -0.3 is 0 Å². The predicted octanol–water partition coefficient (Wildman–Crippen LogP) is 1.84. The van der Waals surface area contributed by atoms with Crippen molar-refractivity contribution in [1.29, 1.82) is 0 Å². The number of aryl methyl sites for hydroxylation is 1. The van der Waals surface area contributed by atoms with Crippen molar-refractivity contribution >= 4 is 37.7 Å². The summed E-state index contributed by atoms with van der Waals surface area (Å²) in [6.07, 6.45) is 3.30. The molecule has 9 heteroatoms. The van der Waals surface area contributed by atoms with Gasteiger partial charge in [0.15, 0.2) is 0 Å². The van der Waals surface area contributed by atoms with E-state index in [9.17, 15) is 9.59 Å². The van der Waals surface area contributed by atoms with E-state index < -0.39 is 0 Å². The highest BCUT2D eigenvalue weighted by molar-refractivity contribution is 9.08. The first-order valence-electron chi connectivity index (χ1n) is 7.30. The van der Waals surface area contributed by atoms with Gasteiger partial charge in [0.2, 0.25) is 0 Å². The minimum Gasteiger partial charge on any atom is -0.267 e. The van der Waals surface area contributed by atoms with Crippen molar-refractivity contribution in [3.8, 4) is 0 Å². The molecule has 4 rings (SSSR count). The summed E-state index contributed by atoms with van der Waals surface area (Å²) in [7, 11) is 0. The number of H-pyrrole nitrogens is 2. The number of nitrogens with zero attached hydrogens (tertiary/aromatic N) is 4. The van der Waals surface area contributed by atoms with Crippen LogP contribution in [0, 0.1) is 6.92 Å². The Morgan fingerprint density at radius 1 is 0.920 bits per heavy atom. The summed E-state index contributed by atoms with van der Waals surface area (Å²) in [6, 6.07) is 6.93. The highest BCUT2D eigenvalue weighted by Gasteiger charge is 2.04. The first kappa shape index (κ1) is 16.9. The number of aromatic amines is 2. The van der Waals surface area contributed by atoms with Crippen LogP contribution in [-0.4, -0.2) is 30.4 Å². The van der Waals surface area contributed by atoms with E-state index in [-0.39, 0.29) is 11.1 Å². The zero-order chi connectivity index (χ0) is 17.8. The first-order chi connectivity index (χ1) is 12.1. The van der Waals surface area contributed by atoms with Crippen LogP contribution in [0.1, 0.15) is 11.4 Å². The topological polar surface area (TPSA) is 117 Å². The van der Waals surface area contributed by atoms with Gasteiger partial charge in [-0.05, 0) is 31.2 Å². The van der Waals surface area contributed by atoms with Crippen molar-refractivity contribution in [2.24, 2.45) is 0 Å². The lowest BCUT2D eigenvalue weighted by Gasteiger charge is -1.98. The fraction of sp³-hybridized carbons (Fsp3) is 0.125. The molecule has 0 aromatic carbocycles. The van der Waals surface area contributed by atoms with Crippen molar-refractivity contribution in [2.75, 3.05) is 0 Å². The quantitative estimate of drug-likeness (QED) is 0.470. The molecule has 4 aromatic rings. The van der Waals surface area contributed by atoms with Crippen LogP contribution in [-0.2, 0) is 5.33 Å². The molecular weight excluding hydrogens is 388 g/mol. The zero-order valence-electron chi connectivity index (χ0n) is 13.2. The summed E-state index contributed by atoms with van der Waals surface area (Å²) in [4.78, 5) is 30.6. The average Bonchev–Trinajstić information content (AvgIpc) is 2.66. The summed E-state index contributed by atoms with van der Waals surface area (Å²) >= 11 is 3.28. The van der Waals surface area contributed by atoms with Crippen LogP contribution in [0.3, 0.4) is 0 Å². The Morgan fingerprint density at radius 2 is 1.48 bits per heavy atom. The molecule has 4 heterocycles. The number of fused-ring (bicyclic) bond motifs is 2. The Bertz CT molecular complexity index is 1150. The zero-order valence-corrected chi connectivity index (χ0v) is 14.7. The lowest BCUT2D eigenvalue weighted by molar-refractivity contribution is 0.958. The molecule has 0 saturated heterocycles. The second-order valence-electron chi connectivity index (χ2n) is 5.07. The van der Waals surface area contributed by atoms with Gasteiger partial charge in [0.25, 0.3) is 11.1 Å². The Hall–Kier alpha value is -2.94. The van der Waals surface area contributed by atoms with Crippen LogP contribution >= 0.6 is 15.9 Å². The van der Waals surface area contributed by atoms with Gasteiger partial charge in [-0.15, -0.1) is 0 Å². The molecule has 0 spiro atoms. The number of pyridine rings is 2. The van der Waals surface area contributed by atoms with E-state index in [0.717, 1.165) is 11.4 Å². The molecule has 0 aliphatic carbocycles. The number of alkyl halides is 1. The van der Waals surface area contributed by atoms with E-state index in [4.69, 9.17) is 0 Å². The summed E-state index contributed by atoms with van der Waals surface area (Å²) in [6.45, 7) is 1.81. The molecule has 0 saturated carbocycles. The van der Waals surface area contributed by atoms with Crippen LogP contribution < -0.4 is 11.1 Å². The second kappa shape index (κ2) is 7.31. The molecular formula is C16H13BrN6O2. The predicted molar refractivity (Wildman–Crippen MR) is 97.7 cm³/mol. The van der Waals surface area contributed by atoms with Crippen molar-refractivity contribution in [2.45, 2.75) is 12.3 Å². The molecule has 0 atom stereocenters. The average molecular weight is 401 g/mol. The van der Waals surface area contributed by atoms with Crippen LogP contribution in [0.25, 0.3) is 21.8 Å². The van der Waals surface area contributed by atoms with Crippen LogP contribution in [0.5, 0.6) is 0 Å². The number of aromatic nitrogens is 6. The number of hydrogen-bond donors (Lipinski definition) is 2. The third kappa shape index (κ3) is 3.45. The van der Waals surface area contributed by atoms with E-state index >= 15 is 0 Å². The second-order valence-corrected chi connectivity index (χ2v) is 5.63. The third-order valence-corrected chi connectivity index (χ3v) is 4.00. The summed E-state index contributed by atoms with van der Waals surface area (Å²) in [5, 5.41) is 14.2. The van der Waals surface area contributed by atoms with Gasteiger partial charge in [-0.25, -0.2) is 10.2 Å². The highest BCUT2D eigenvalue weighted by atomic mass is 79.9. The molecule has 0 radical (unpaired) electrons. The van der Waals surface area contributed by atoms with E-state index in [1.54, 1.807) is 36.7 Å². The highest BCUT2D eigenvalue weighted by Crippen LogP contribution is 2.11. The first-order valence-corrected chi connectivity index (χ1v) is 8.42. The Morgan fingerprint density at radius 3 is 2.08 bits per heavy atom. The van der Waals surface area contributed by atoms with Crippen molar-refractivity contribution < 1.29 is 0 Å². The fourth-order valence-electron chi connectivity index (χ4n) is 2.27. The maximum Gasteiger partial charge on any atom is 0.273 e. The largest absolute Gasteiger partial charge is 0.273 e. The summed E-state index contributed by atoms with van der Waals surface area (Å²) in [5.41, 5.74) is 2.42. The van der Waals surface area contributed by atoms with Gasteiger partial charge in [0.1, 0.15) is 0 Å². The molecule has 8 nitrogen and oxygen atoms in total. The molecule has 126 valence electrons. The SMILES string of the molecule is Cc1n[nH]c(=O)c2cccnc12.O=c1[nH]nc(CBr)c2ncccc12. The lowest BCUT2D eigenvalue weighted by atomic mass is 10.2.